The highest BCUT2D eigenvalue weighted by molar-refractivity contribution is 7.90. The lowest BCUT2D eigenvalue weighted by atomic mass is 9.83. The van der Waals surface area contributed by atoms with Crippen LogP contribution in [-0.2, 0) is 9.84 Å². The molecule has 1 rings (SSSR count). The molecule has 2 unspecified atom stereocenters. The van der Waals surface area contributed by atoms with Crippen molar-refractivity contribution in [3.05, 3.63) is 0 Å². The molecule has 1 saturated heterocycles. The fourth-order valence-electron chi connectivity index (χ4n) is 2.85. The van der Waals surface area contributed by atoms with Crippen LogP contribution in [0.5, 0.6) is 0 Å². The maximum absolute atomic E-state index is 11.3. The van der Waals surface area contributed by atoms with Gasteiger partial charge in [-0.1, -0.05) is 34.6 Å². The topological polar surface area (TPSA) is 49.4 Å². The van der Waals surface area contributed by atoms with Gasteiger partial charge in [0.25, 0.3) is 0 Å². The first-order valence-electron chi connectivity index (χ1n) is 7.66. The predicted molar refractivity (Wildman–Crippen MR) is 85.8 cm³/mol. The van der Waals surface area contributed by atoms with Gasteiger partial charge in [-0.3, -0.25) is 4.90 Å². The van der Waals surface area contributed by atoms with Crippen LogP contribution < -0.4 is 5.32 Å². The zero-order valence-corrected chi connectivity index (χ0v) is 14.8. The van der Waals surface area contributed by atoms with Crippen LogP contribution in [0.1, 0.15) is 41.0 Å². The molecule has 5 heteroatoms. The molecular weight excluding hydrogens is 272 g/mol. The Morgan fingerprint density at radius 1 is 1.30 bits per heavy atom. The van der Waals surface area contributed by atoms with Crippen LogP contribution in [-0.4, -0.2) is 57.0 Å². The Bertz CT molecular complexity index is 399. The van der Waals surface area contributed by atoms with Crippen molar-refractivity contribution >= 4 is 9.84 Å². The number of nitrogens with zero attached hydrogens (tertiary/aromatic N) is 1. The molecule has 0 aliphatic carbocycles. The summed E-state index contributed by atoms with van der Waals surface area (Å²) in [6, 6.07) is 0.976. The van der Waals surface area contributed by atoms with E-state index in [-0.39, 0.29) is 5.41 Å². The Morgan fingerprint density at radius 2 is 1.90 bits per heavy atom. The van der Waals surface area contributed by atoms with Crippen molar-refractivity contribution in [3.8, 4) is 0 Å². The highest BCUT2D eigenvalue weighted by Gasteiger charge is 2.34. The fraction of sp³-hybridized carbons (Fsp3) is 1.00. The number of nitrogens with one attached hydrogen (secondary N) is 1. The Kier molecular flexibility index (Phi) is 6.05. The van der Waals surface area contributed by atoms with Gasteiger partial charge in [0.1, 0.15) is 9.84 Å². The molecule has 20 heavy (non-hydrogen) atoms. The molecule has 4 nitrogen and oxygen atoms in total. The molecule has 0 aromatic heterocycles. The van der Waals surface area contributed by atoms with Gasteiger partial charge in [-0.15, -0.1) is 0 Å². The lowest BCUT2D eigenvalue weighted by molar-refractivity contribution is 0.0636. The van der Waals surface area contributed by atoms with Crippen molar-refractivity contribution in [2.75, 3.05) is 31.6 Å². The normalized spacial score (nSPS) is 26.1. The van der Waals surface area contributed by atoms with Crippen LogP contribution in [0.3, 0.4) is 0 Å². The van der Waals surface area contributed by atoms with E-state index in [1.165, 1.54) is 6.26 Å². The summed E-state index contributed by atoms with van der Waals surface area (Å²) in [7, 11) is -2.85. The molecule has 1 N–H and O–H groups in total. The van der Waals surface area contributed by atoms with Gasteiger partial charge < -0.3 is 5.32 Å². The third-order valence-electron chi connectivity index (χ3n) is 4.23. The van der Waals surface area contributed by atoms with Crippen molar-refractivity contribution in [3.63, 3.8) is 0 Å². The Morgan fingerprint density at radius 3 is 2.35 bits per heavy atom. The van der Waals surface area contributed by atoms with Crippen molar-refractivity contribution in [2.24, 2.45) is 11.3 Å². The third-order valence-corrected chi connectivity index (χ3v) is 5.27. The maximum Gasteiger partial charge on any atom is 0.147 e. The van der Waals surface area contributed by atoms with Gasteiger partial charge in [0.05, 0.1) is 5.75 Å². The molecule has 0 radical (unpaired) electrons. The average molecular weight is 304 g/mol. The molecule has 2 atom stereocenters. The first-order valence-corrected chi connectivity index (χ1v) is 9.72. The summed E-state index contributed by atoms with van der Waals surface area (Å²) in [4.78, 5) is 2.49. The standard InChI is InChI=1S/C15H32N2O2S/c1-12(2)13-10-16-14(15(3,4)5)11-17(13)8-7-9-20(6,18)19/h12-14,16H,7-11H2,1-6H3. The average Bonchev–Trinajstić information content (AvgIpc) is 2.25. The van der Waals surface area contributed by atoms with Gasteiger partial charge in [-0.05, 0) is 24.3 Å². The maximum atomic E-state index is 11.3. The first kappa shape index (κ1) is 17.9. The second-order valence-corrected chi connectivity index (χ2v) is 9.88. The lowest BCUT2D eigenvalue weighted by Gasteiger charge is -2.46. The Labute approximate surface area is 125 Å². The summed E-state index contributed by atoms with van der Waals surface area (Å²) in [6.07, 6.45) is 2.06. The zero-order chi connectivity index (χ0) is 15.6. The number of hydrogen-bond acceptors (Lipinski definition) is 4. The van der Waals surface area contributed by atoms with E-state index < -0.39 is 9.84 Å². The largest absolute Gasteiger partial charge is 0.311 e. The molecule has 0 aromatic rings. The molecule has 0 spiro atoms. The highest BCUT2D eigenvalue weighted by atomic mass is 32.2. The quantitative estimate of drug-likeness (QED) is 0.841. The molecule has 0 amide bonds. The van der Waals surface area contributed by atoms with Crippen molar-refractivity contribution in [2.45, 2.75) is 53.1 Å². The molecule has 0 aromatic carbocycles. The van der Waals surface area contributed by atoms with E-state index in [9.17, 15) is 8.42 Å². The number of rotatable bonds is 5. The smallest absolute Gasteiger partial charge is 0.147 e. The van der Waals surface area contributed by atoms with Crippen LogP contribution in [0, 0.1) is 11.3 Å². The van der Waals surface area contributed by atoms with Crippen LogP contribution in [0.15, 0.2) is 0 Å². The van der Waals surface area contributed by atoms with Crippen molar-refractivity contribution in [1.82, 2.24) is 10.2 Å². The van der Waals surface area contributed by atoms with Crippen LogP contribution >= 0.6 is 0 Å². The molecule has 1 aliphatic heterocycles. The van der Waals surface area contributed by atoms with E-state index in [1.54, 1.807) is 0 Å². The van der Waals surface area contributed by atoms with Crippen molar-refractivity contribution in [1.29, 1.82) is 0 Å². The first-order chi connectivity index (χ1) is 9.00. The van der Waals surface area contributed by atoms with E-state index in [0.29, 0.717) is 23.8 Å². The lowest BCUT2D eigenvalue weighted by Crippen LogP contribution is -2.61. The molecule has 1 fully saturated rings. The van der Waals surface area contributed by atoms with Crippen molar-refractivity contribution < 1.29 is 8.42 Å². The molecule has 120 valence electrons. The van der Waals surface area contributed by atoms with Crippen LogP contribution in [0.2, 0.25) is 0 Å². The van der Waals surface area contributed by atoms with Crippen LogP contribution in [0.25, 0.3) is 0 Å². The highest BCUT2D eigenvalue weighted by Crippen LogP contribution is 2.25. The Hall–Kier alpha value is -0.130. The molecule has 0 bridgehead atoms. The van der Waals surface area contributed by atoms with Gasteiger partial charge >= 0.3 is 0 Å². The van der Waals surface area contributed by atoms with Gasteiger partial charge in [-0.2, -0.15) is 0 Å². The van der Waals surface area contributed by atoms with E-state index in [1.807, 2.05) is 0 Å². The summed E-state index contributed by atoms with van der Waals surface area (Å²) in [5, 5.41) is 3.67. The van der Waals surface area contributed by atoms with Gasteiger partial charge in [-0.25, -0.2) is 8.42 Å². The van der Waals surface area contributed by atoms with E-state index in [4.69, 9.17) is 0 Å². The van der Waals surface area contributed by atoms with E-state index in [0.717, 1.165) is 26.1 Å². The fourth-order valence-corrected chi connectivity index (χ4v) is 3.50. The van der Waals surface area contributed by atoms with Crippen LogP contribution in [0.4, 0.5) is 0 Å². The summed E-state index contributed by atoms with van der Waals surface area (Å²) < 4.78 is 22.6. The zero-order valence-electron chi connectivity index (χ0n) is 13.9. The summed E-state index contributed by atoms with van der Waals surface area (Å²) in [5.74, 6) is 0.878. The predicted octanol–water partition coefficient (Wildman–Crippen LogP) is 1.77. The number of sulfone groups is 1. The second-order valence-electron chi connectivity index (χ2n) is 7.62. The molecule has 1 heterocycles. The minimum absolute atomic E-state index is 0.233. The Balaban J connectivity index is 2.64. The molecule has 1 aliphatic rings. The monoisotopic (exact) mass is 304 g/mol. The van der Waals surface area contributed by atoms with E-state index >= 15 is 0 Å². The number of hydrogen-bond donors (Lipinski definition) is 1. The third kappa shape index (κ3) is 5.70. The summed E-state index contributed by atoms with van der Waals surface area (Å²) in [5.41, 5.74) is 0.233. The number of piperazine rings is 1. The molecular formula is C15H32N2O2S. The second kappa shape index (κ2) is 6.75. The van der Waals surface area contributed by atoms with E-state index in [2.05, 4.69) is 44.8 Å². The summed E-state index contributed by atoms with van der Waals surface area (Å²) >= 11 is 0. The van der Waals surface area contributed by atoms with Gasteiger partial charge in [0.15, 0.2) is 0 Å². The molecule has 0 saturated carbocycles. The van der Waals surface area contributed by atoms with Gasteiger partial charge in [0, 0.05) is 31.4 Å². The summed E-state index contributed by atoms with van der Waals surface area (Å²) in [6.45, 7) is 14.2. The minimum atomic E-state index is -2.85. The van der Waals surface area contributed by atoms with Gasteiger partial charge in [0.2, 0.25) is 0 Å². The minimum Gasteiger partial charge on any atom is -0.311 e. The SMILES string of the molecule is CC(C)C1CNC(C(C)(C)C)CN1CCCS(C)(=O)=O.